The summed E-state index contributed by atoms with van der Waals surface area (Å²) < 4.78 is 0. The number of carbonyl (C=O) groups excluding carboxylic acids is 1. The third kappa shape index (κ3) is 5.98. The number of carbonyl (C=O) groups is 1. The van der Waals surface area contributed by atoms with Crippen molar-refractivity contribution in [3.05, 3.63) is 59.1 Å². The lowest BCUT2D eigenvalue weighted by atomic mass is 10.2. The fraction of sp³-hybridized carbons (Fsp3) is 0.350. The molecule has 25 heavy (non-hydrogen) atoms. The van der Waals surface area contributed by atoms with Gasteiger partial charge in [0, 0.05) is 35.2 Å². The Balaban J connectivity index is 1.85. The molecule has 0 aliphatic rings. The fourth-order valence-electron chi connectivity index (χ4n) is 2.52. The highest BCUT2D eigenvalue weighted by Crippen LogP contribution is 2.24. The maximum Gasteiger partial charge on any atom is 0.233 e. The van der Waals surface area contributed by atoms with Crippen LogP contribution in [0, 0.1) is 0 Å². The van der Waals surface area contributed by atoms with E-state index in [0.717, 1.165) is 23.5 Å². The van der Waals surface area contributed by atoms with E-state index in [-0.39, 0.29) is 11.2 Å². The smallest absolute Gasteiger partial charge is 0.233 e. The van der Waals surface area contributed by atoms with Crippen LogP contribution in [0.25, 0.3) is 0 Å². The first-order valence-corrected chi connectivity index (χ1v) is 9.83. The van der Waals surface area contributed by atoms with Crippen molar-refractivity contribution in [2.45, 2.75) is 37.5 Å². The number of nitrogens with one attached hydrogen (secondary N) is 1. The van der Waals surface area contributed by atoms with Gasteiger partial charge >= 0.3 is 0 Å². The molecule has 0 radical (unpaired) electrons. The molecule has 0 heterocycles. The number of hydrogen-bond acceptors (Lipinski definition) is 3. The van der Waals surface area contributed by atoms with Crippen molar-refractivity contribution in [1.29, 1.82) is 0 Å². The van der Waals surface area contributed by atoms with Gasteiger partial charge in [-0.15, -0.1) is 11.8 Å². The van der Waals surface area contributed by atoms with Crippen LogP contribution in [0.1, 0.15) is 26.3 Å². The number of benzene rings is 2. The van der Waals surface area contributed by atoms with E-state index in [9.17, 15) is 4.79 Å². The van der Waals surface area contributed by atoms with E-state index < -0.39 is 0 Å². The second-order valence-electron chi connectivity index (χ2n) is 5.77. The molecule has 0 spiro atoms. The van der Waals surface area contributed by atoms with E-state index >= 15 is 0 Å². The van der Waals surface area contributed by atoms with Crippen LogP contribution in [0.5, 0.6) is 0 Å². The molecular formula is C20H25ClN2OS. The minimum absolute atomic E-state index is 0.0350. The molecule has 0 fully saturated rings. The highest BCUT2D eigenvalue weighted by Gasteiger charge is 2.14. The second kappa shape index (κ2) is 9.73. The van der Waals surface area contributed by atoms with Gasteiger partial charge in [-0.3, -0.25) is 4.79 Å². The lowest BCUT2D eigenvalue weighted by molar-refractivity contribution is -0.120. The third-order valence-electron chi connectivity index (χ3n) is 4.03. The molecular weight excluding hydrogens is 352 g/mol. The van der Waals surface area contributed by atoms with E-state index in [2.05, 4.69) is 48.3 Å². The van der Waals surface area contributed by atoms with Crippen molar-refractivity contribution in [2.24, 2.45) is 0 Å². The topological polar surface area (TPSA) is 32.3 Å². The Morgan fingerprint density at radius 3 is 2.24 bits per heavy atom. The summed E-state index contributed by atoms with van der Waals surface area (Å²) in [6.45, 7) is 8.74. The Morgan fingerprint density at radius 1 is 1.08 bits per heavy atom. The third-order valence-corrected chi connectivity index (χ3v) is 5.39. The first kappa shape index (κ1) is 19.7. The molecule has 0 bridgehead atoms. The zero-order chi connectivity index (χ0) is 18.2. The summed E-state index contributed by atoms with van der Waals surface area (Å²) in [5.41, 5.74) is 2.32. The van der Waals surface area contributed by atoms with E-state index in [1.807, 2.05) is 31.2 Å². The molecule has 2 aromatic carbocycles. The predicted octanol–water partition coefficient (Wildman–Crippen LogP) is 4.98. The number of nitrogens with zero attached hydrogens (tertiary/aromatic N) is 1. The van der Waals surface area contributed by atoms with Crippen molar-refractivity contribution < 1.29 is 4.79 Å². The van der Waals surface area contributed by atoms with Crippen molar-refractivity contribution in [2.75, 3.05) is 18.0 Å². The van der Waals surface area contributed by atoms with Crippen LogP contribution in [-0.4, -0.2) is 24.2 Å². The molecule has 0 aromatic heterocycles. The largest absolute Gasteiger partial charge is 0.372 e. The maximum atomic E-state index is 12.3. The molecule has 1 amide bonds. The summed E-state index contributed by atoms with van der Waals surface area (Å²) in [7, 11) is 0. The summed E-state index contributed by atoms with van der Waals surface area (Å²) >= 11 is 7.42. The van der Waals surface area contributed by atoms with Gasteiger partial charge in [0.05, 0.1) is 5.25 Å². The molecule has 0 aliphatic heterocycles. The molecule has 0 unspecified atom stereocenters. The molecule has 0 aliphatic carbocycles. The molecule has 2 aromatic rings. The SMILES string of the molecule is CCN(CC)c1ccc(CNC(=O)[C@H](C)Sc2ccc(Cl)cc2)cc1. The Labute approximate surface area is 159 Å². The van der Waals surface area contributed by atoms with Crippen LogP contribution in [0.15, 0.2) is 53.4 Å². The van der Waals surface area contributed by atoms with Gasteiger partial charge < -0.3 is 10.2 Å². The van der Waals surface area contributed by atoms with Crippen LogP contribution in [0.3, 0.4) is 0 Å². The van der Waals surface area contributed by atoms with E-state index in [1.54, 1.807) is 0 Å². The number of anilines is 1. The fourth-order valence-corrected chi connectivity index (χ4v) is 3.53. The van der Waals surface area contributed by atoms with E-state index in [0.29, 0.717) is 11.6 Å². The van der Waals surface area contributed by atoms with Gasteiger partial charge in [-0.05, 0) is 62.7 Å². The van der Waals surface area contributed by atoms with Crippen LogP contribution >= 0.6 is 23.4 Å². The van der Waals surface area contributed by atoms with E-state index in [1.165, 1.54) is 17.4 Å². The molecule has 1 atom stereocenters. The zero-order valence-corrected chi connectivity index (χ0v) is 16.5. The number of thioether (sulfide) groups is 1. The Bertz CT molecular complexity index is 669. The van der Waals surface area contributed by atoms with Crippen LogP contribution in [-0.2, 0) is 11.3 Å². The maximum absolute atomic E-state index is 12.3. The van der Waals surface area contributed by atoms with Crippen LogP contribution in [0.4, 0.5) is 5.69 Å². The summed E-state index contributed by atoms with van der Waals surface area (Å²) in [5.74, 6) is 0.0350. The van der Waals surface area contributed by atoms with Crippen molar-refractivity contribution in [1.82, 2.24) is 5.32 Å². The lowest BCUT2D eigenvalue weighted by Crippen LogP contribution is -2.30. The van der Waals surface area contributed by atoms with Crippen LogP contribution < -0.4 is 10.2 Å². The number of halogens is 1. The summed E-state index contributed by atoms with van der Waals surface area (Å²) in [4.78, 5) is 15.6. The van der Waals surface area contributed by atoms with Gasteiger partial charge in [-0.1, -0.05) is 23.7 Å². The number of hydrogen-bond donors (Lipinski definition) is 1. The Morgan fingerprint density at radius 2 is 1.68 bits per heavy atom. The normalized spacial score (nSPS) is 11.8. The Hall–Kier alpha value is -1.65. The van der Waals surface area contributed by atoms with Crippen molar-refractivity contribution in [3.63, 3.8) is 0 Å². The number of amides is 1. The molecule has 3 nitrogen and oxygen atoms in total. The minimum atomic E-state index is -0.156. The number of rotatable bonds is 8. The summed E-state index contributed by atoms with van der Waals surface area (Å²) in [6, 6.07) is 15.9. The van der Waals surface area contributed by atoms with Crippen molar-refractivity contribution >= 4 is 35.0 Å². The first-order chi connectivity index (χ1) is 12.0. The molecule has 2 rings (SSSR count). The lowest BCUT2D eigenvalue weighted by Gasteiger charge is -2.21. The highest BCUT2D eigenvalue weighted by atomic mass is 35.5. The Kier molecular flexibility index (Phi) is 7.66. The monoisotopic (exact) mass is 376 g/mol. The van der Waals surface area contributed by atoms with Crippen molar-refractivity contribution in [3.8, 4) is 0 Å². The quantitative estimate of drug-likeness (QED) is 0.659. The first-order valence-electron chi connectivity index (χ1n) is 8.57. The highest BCUT2D eigenvalue weighted by molar-refractivity contribution is 8.00. The van der Waals surface area contributed by atoms with Gasteiger partial charge in [0.25, 0.3) is 0 Å². The molecule has 0 saturated carbocycles. The van der Waals surface area contributed by atoms with Gasteiger partial charge in [-0.25, -0.2) is 0 Å². The molecule has 134 valence electrons. The van der Waals surface area contributed by atoms with Gasteiger partial charge in [0.2, 0.25) is 5.91 Å². The van der Waals surface area contributed by atoms with E-state index in [4.69, 9.17) is 11.6 Å². The van der Waals surface area contributed by atoms with Crippen LogP contribution in [0.2, 0.25) is 5.02 Å². The molecule has 1 N–H and O–H groups in total. The molecule has 5 heteroatoms. The zero-order valence-electron chi connectivity index (χ0n) is 15.0. The minimum Gasteiger partial charge on any atom is -0.372 e. The predicted molar refractivity (Wildman–Crippen MR) is 109 cm³/mol. The van der Waals surface area contributed by atoms with Gasteiger partial charge in [-0.2, -0.15) is 0 Å². The summed E-state index contributed by atoms with van der Waals surface area (Å²) in [5, 5.41) is 3.55. The standard InChI is InChI=1S/C20H25ClN2OS/c1-4-23(5-2)18-10-6-16(7-11-18)14-22-20(24)15(3)25-19-12-8-17(21)9-13-19/h6-13,15H,4-5,14H2,1-3H3,(H,22,24)/t15-/m0/s1. The summed E-state index contributed by atoms with van der Waals surface area (Å²) in [6.07, 6.45) is 0. The van der Waals surface area contributed by atoms with Gasteiger partial charge in [0.15, 0.2) is 0 Å². The average Bonchev–Trinajstić information content (AvgIpc) is 2.63. The molecule has 0 saturated heterocycles. The average molecular weight is 377 g/mol. The van der Waals surface area contributed by atoms with Gasteiger partial charge in [0.1, 0.15) is 0 Å². The second-order valence-corrected chi connectivity index (χ2v) is 7.62.